The third kappa shape index (κ3) is 3.08. The molecule has 0 saturated heterocycles. The van der Waals surface area contributed by atoms with E-state index in [2.05, 4.69) is 24.1 Å². The van der Waals surface area contributed by atoms with Crippen LogP contribution in [0.2, 0.25) is 0 Å². The summed E-state index contributed by atoms with van der Waals surface area (Å²) in [6.45, 7) is 1.89. The minimum Gasteiger partial charge on any atom is -0.376 e. The van der Waals surface area contributed by atoms with Gasteiger partial charge in [-0.05, 0) is 37.7 Å². The number of allylic oxidation sites excluding steroid dienone is 3. The molecule has 1 N–H and O–H groups in total. The first-order valence-corrected chi connectivity index (χ1v) is 4.71. The molecule has 1 aliphatic carbocycles. The van der Waals surface area contributed by atoms with Crippen LogP contribution in [0.1, 0.15) is 26.2 Å². The van der Waals surface area contributed by atoms with Crippen molar-refractivity contribution in [2.75, 3.05) is 0 Å². The van der Waals surface area contributed by atoms with Gasteiger partial charge in [0.05, 0.1) is 0 Å². The molecule has 0 heterocycles. The monoisotopic (exact) mass is 176 g/mol. The first-order valence-electron chi connectivity index (χ1n) is 4.71. The molecule has 13 heavy (non-hydrogen) atoms. The van der Waals surface area contributed by atoms with Gasteiger partial charge < -0.3 is 5.11 Å². The molecule has 1 aliphatic rings. The highest BCUT2D eigenvalue weighted by atomic mass is 16.3. The fraction of sp³-hybridized carbons (Fsp3) is 0.500. The molecule has 0 aliphatic heterocycles. The maximum absolute atomic E-state index is 9.33. The van der Waals surface area contributed by atoms with Crippen LogP contribution in [0.5, 0.6) is 0 Å². The fourth-order valence-corrected chi connectivity index (χ4v) is 1.56. The second-order valence-corrected chi connectivity index (χ2v) is 3.52. The summed E-state index contributed by atoms with van der Waals surface area (Å²) in [5, 5.41) is 9.33. The predicted octanol–water partition coefficient (Wildman–Crippen LogP) is 2.28. The Morgan fingerprint density at radius 1 is 1.69 bits per heavy atom. The van der Waals surface area contributed by atoms with Crippen molar-refractivity contribution in [1.82, 2.24) is 0 Å². The summed E-state index contributed by atoms with van der Waals surface area (Å²) in [6, 6.07) is 0. The Hall–Kier alpha value is -1.00. The van der Waals surface area contributed by atoms with E-state index in [0.29, 0.717) is 5.92 Å². The summed E-state index contributed by atoms with van der Waals surface area (Å²) < 4.78 is 0. The zero-order chi connectivity index (χ0) is 9.68. The first kappa shape index (κ1) is 10.1. The van der Waals surface area contributed by atoms with Gasteiger partial charge in [-0.3, -0.25) is 0 Å². The molecule has 0 spiro atoms. The van der Waals surface area contributed by atoms with Crippen LogP contribution in [-0.4, -0.2) is 11.2 Å². The number of aliphatic hydroxyl groups excluding tert-OH is 1. The number of hydrogen-bond acceptors (Lipinski definition) is 1. The Kier molecular flexibility index (Phi) is 3.79. The molecule has 0 aromatic carbocycles. The lowest BCUT2D eigenvalue weighted by atomic mass is 9.92. The van der Waals surface area contributed by atoms with Crippen molar-refractivity contribution in [3.8, 4) is 12.3 Å². The van der Waals surface area contributed by atoms with E-state index in [1.807, 2.05) is 6.92 Å². The van der Waals surface area contributed by atoms with E-state index in [1.165, 1.54) is 6.42 Å². The minimum absolute atomic E-state index is 0.563. The van der Waals surface area contributed by atoms with Crippen molar-refractivity contribution in [2.24, 2.45) is 5.92 Å². The average Bonchev–Trinajstić information content (AvgIpc) is 2.18. The van der Waals surface area contributed by atoms with Crippen LogP contribution in [0.15, 0.2) is 23.8 Å². The van der Waals surface area contributed by atoms with Gasteiger partial charge in [-0.15, -0.1) is 6.42 Å². The molecule has 2 unspecified atom stereocenters. The molecular formula is C12H16O. The number of aliphatic hydroxyl groups is 1. The summed E-state index contributed by atoms with van der Waals surface area (Å²) in [4.78, 5) is 0. The lowest BCUT2D eigenvalue weighted by Gasteiger charge is -2.15. The standard InChI is InChI=1S/C12H16O/c1-3-12(13)10(2)9-11-7-5-4-6-8-11/h1,4-5,9,11-13H,6-8H2,2H3. The molecule has 1 rings (SSSR count). The molecule has 1 heteroatoms. The zero-order valence-electron chi connectivity index (χ0n) is 8.03. The normalized spacial score (nSPS) is 25.3. The van der Waals surface area contributed by atoms with E-state index in [9.17, 15) is 5.11 Å². The Morgan fingerprint density at radius 3 is 3.00 bits per heavy atom. The fourth-order valence-electron chi connectivity index (χ4n) is 1.56. The van der Waals surface area contributed by atoms with Crippen LogP contribution < -0.4 is 0 Å². The molecular weight excluding hydrogens is 160 g/mol. The number of terminal acetylenes is 1. The van der Waals surface area contributed by atoms with Crippen LogP contribution in [0.3, 0.4) is 0 Å². The molecule has 0 bridgehead atoms. The van der Waals surface area contributed by atoms with E-state index >= 15 is 0 Å². The summed E-state index contributed by atoms with van der Waals surface area (Å²) in [5.74, 6) is 2.89. The molecule has 70 valence electrons. The van der Waals surface area contributed by atoms with Crippen molar-refractivity contribution >= 4 is 0 Å². The highest BCUT2D eigenvalue weighted by Gasteiger charge is 2.09. The Morgan fingerprint density at radius 2 is 2.46 bits per heavy atom. The average molecular weight is 176 g/mol. The molecule has 0 radical (unpaired) electrons. The van der Waals surface area contributed by atoms with Crippen LogP contribution in [0, 0.1) is 18.3 Å². The van der Waals surface area contributed by atoms with E-state index in [0.717, 1.165) is 18.4 Å². The van der Waals surface area contributed by atoms with Crippen molar-refractivity contribution < 1.29 is 5.11 Å². The number of hydrogen-bond donors (Lipinski definition) is 1. The smallest absolute Gasteiger partial charge is 0.135 e. The summed E-state index contributed by atoms with van der Waals surface area (Å²) in [7, 11) is 0. The Labute approximate surface area is 80.2 Å². The van der Waals surface area contributed by atoms with Crippen LogP contribution in [0.4, 0.5) is 0 Å². The topological polar surface area (TPSA) is 20.2 Å². The van der Waals surface area contributed by atoms with Gasteiger partial charge in [-0.25, -0.2) is 0 Å². The second-order valence-electron chi connectivity index (χ2n) is 3.52. The second kappa shape index (κ2) is 4.89. The van der Waals surface area contributed by atoms with Crippen LogP contribution in [0.25, 0.3) is 0 Å². The molecule has 2 atom stereocenters. The molecule has 0 amide bonds. The molecule has 0 aromatic rings. The van der Waals surface area contributed by atoms with Gasteiger partial charge >= 0.3 is 0 Å². The largest absolute Gasteiger partial charge is 0.376 e. The highest BCUT2D eigenvalue weighted by Crippen LogP contribution is 2.21. The van der Waals surface area contributed by atoms with Gasteiger partial charge in [-0.1, -0.05) is 24.1 Å². The third-order valence-electron chi connectivity index (χ3n) is 2.40. The lowest BCUT2D eigenvalue weighted by Crippen LogP contribution is -2.07. The predicted molar refractivity (Wildman–Crippen MR) is 55.1 cm³/mol. The van der Waals surface area contributed by atoms with E-state index < -0.39 is 6.10 Å². The lowest BCUT2D eigenvalue weighted by molar-refractivity contribution is 0.267. The molecule has 0 saturated carbocycles. The van der Waals surface area contributed by atoms with Gasteiger partial charge in [0.2, 0.25) is 0 Å². The van der Waals surface area contributed by atoms with E-state index in [-0.39, 0.29) is 0 Å². The van der Waals surface area contributed by atoms with Gasteiger partial charge in [0.25, 0.3) is 0 Å². The first-order chi connectivity index (χ1) is 6.24. The van der Waals surface area contributed by atoms with Crippen molar-refractivity contribution in [1.29, 1.82) is 0 Å². The molecule has 0 aromatic heterocycles. The van der Waals surface area contributed by atoms with Crippen molar-refractivity contribution in [3.63, 3.8) is 0 Å². The summed E-state index contributed by atoms with van der Waals surface area (Å²) in [6.07, 6.45) is 14.3. The van der Waals surface area contributed by atoms with Gasteiger partial charge in [0.1, 0.15) is 6.10 Å². The van der Waals surface area contributed by atoms with Crippen molar-refractivity contribution in [2.45, 2.75) is 32.3 Å². The van der Waals surface area contributed by atoms with Crippen LogP contribution >= 0.6 is 0 Å². The van der Waals surface area contributed by atoms with Gasteiger partial charge in [0.15, 0.2) is 0 Å². The summed E-state index contributed by atoms with van der Waals surface area (Å²) >= 11 is 0. The minimum atomic E-state index is -0.703. The molecule has 1 nitrogen and oxygen atoms in total. The maximum Gasteiger partial charge on any atom is 0.135 e. The van der Waals surface area contributed by atoms with Gasteiger partial charge in [0, 0.05) is 0 Å². The van der Waals surface area contributed by atoms with Gasteiger partial charge in [-0.2, -0.15) is 0 Å². The maximum atomic E-state index is 9.33. The van der Waals surface area contributed by atoms with E-state index in [1.54, 1.807) is 0 Å². The quantitative estimate of drug-likeness (QED) is 0.505. The number of rotatable bonds is 2. The summed E-state index contributed by atoms with van der Waals surface area (Å²) in [5.41, 5.74) is 0.905. The zero-order valence-corrected chi connectivity index (χ0v) is 8.03. The Bertz CT molecular complexity index is 255. The van der Waals surface area contributed by atoms with Crippen LogP contribution in [-0.2, 0) is 0 Å². The molecule has 0 fully saturated rings. The van der Waals surface area contributed by atoms with Crippen molar-refractivity contribution in [3.05, 3.63) is 23.8 Å². The SMILES string of the molecule is C#CC(O)C(C)=CC1CC=CCC1. The van der Waals surface area contributed by atoms with E-state index in [4.69, 9.17) is 6.42 Å². The third-order valence-corrected chi connectivity index (χ3v) is 2.40. The Balaban J connectivity index is 2.54. The highest BCUT2D eigenvalue weighted by molar-refractivity contribution is 5.18.